The van der Waals surface area contributed by atoms with Crippen LogP contribution in [0.25, 0.3) is 12.2 Å². The van der Waals surface area contributed by atoms with Gasteiger partial charge in [0.05, 0.1) is 5.69 Å². The van der Waals surface area contributed by atoms with Gasteiger partial charge in [0.2, 0.25) is 0 Å². The quantitative estimate of drug-likeness (QED) is 0.517. The molecule has 0 aliphatic carbocycles. The molecule has 0 unspecified atom stereocenters. The Morgan fingerprint density at radius 1 is 1.04 bits per heavy atom. The molecule has 0 saturated carbocycles. The molecule has 6 heteroatoms. The predicted octanol–water partition coefficient (Wildman–Crippen LogP) is 4.81. The number of hydrogen-bond acceptors (Lipinski definition) is 4. The van der Waals surface area contributed by atoms with Gasteiger partial charge in [0.1, 0.15) is 5.69 Å². The number of thiazole rings is 1. The van der Waals surface area contributed by atoms with Gasteiger partial charge in [-0.2, -0.15) is 0 Å². The monoisotopic (exact) mass is 386 g/mol. The van der Waals surface area contributed by atoms with Crippen LogP contribution in [0.1, 0.15) is 27.3 Å². The van der Waals surface area contributed by atoms with Crippen LogP contribution in [0, 0.1) is 0 Å². The Kier molecular flexibility index (Phi) is 5.40. The third-order valence-corrected chi connectivity index (χ3v) is 4.93. The zero-order valence-electron chi connectivity index (χ0n) is 15.0. The molecule has 0 atom stereocenters. The summed E-state index contributed by atoms with van der Waals surface area (Å²) in [6, 6.07) is 17.6. The molecule has 4 rings (SSSR count). The number of benzene rings is 1. The van der Waals surface area contributed by atoms with Gasteiger partial charge in [-0.15, -0.1) is 11.3 Å². The number of amides is 1. The number of carbonyl (C=O) groups excluding carboxylic acids is 1. The molecule has 0 aliphatic rings. The number of nitrogens with one attached hydrogen (secondary N) is 1. The Morgan fingerprint density at radius 2 is 1.86 bits per heavy atom. The highest BCUT2D eigenvalue weighted by Gasteiger charge is 2.13. The van der Waals surface area contributed by atoms with Crippen LogP contribution in [-0.2, 0) is 6.54 Å². The van der Waals surface area contributed by atoms with Gasteiger partial charge in [-0.25, -0.2) is 4.98 Å². The minimum atomic E-state index is -0.174. The van der Waals surface area contributed by atoms with Crippen molar-refractivity contribution >= 4 is 34.5 Å². The van der Waals surface area contributed by atoms with Crippen LogP contribution < -0.4 is 5.32 Å². The highest BCUT2D eigenvalue weighted by atomic mass is 32.1. The average molecular weight is 386 g/mol. The summed E-state index contributed by atoms with van der Waals surface area (Å²) in [6.45, 7) is 0.612. The second-order valence-electron chi connectivity index (χ2n) is 6.15. The highest BCUT2D eigenvalue weighted by Crippen LogP contribution is 2.19. The molecule has 5 nitrogen and oxygen atoms in total. The Balaban J connectivity index is 1.43. The molecule has 138 valence electrons. The van der Waals surface area contributed by atoms with E-state index in [9.17, 15) is 4.79 Å². The zero-order valence-corrected chi connectivity index (χ0v) is 15.8. The number of pyridine rings is 1. The first kappa shape index (κ1) is 17.9. The number of aromatic nitrogens is 3. The van der Waals surface area contributed by atoms with Crippen molar-refractivity contribution in [1.29, 1.82) is 0 Å². The Hall–Kier alpha value is -3.51. The number of nitrogens with zero attached hydrogens (tertiary/aromatic N) is 3. The lowest BCUT2D eigenvalue weighted by Gasteiger charge is -2.08. The van der Waals surface area contributed by atoms with Crippen molar-refractivity contribution in [2.75, 3.05) is 5.32 Å². The van der Waals surface area contributed by atoms with Gasteiger partial charge in [-0.1, -0.05) is 36.4 Å². The van der Waals surface area contributed by atoms with E-state index < -0.39 is 0 Å². The smallest absolute Gasteiger partial charge is 0.274 e. The van der Waals surface area contributed by atoms with E-state index in [0.29, 0.717) is 17.4 Å². The first-order chi connectivity index (χ1) is 13.8. The topological polar surface area (TPSA) is 59.8 Å². The van der Waals surface area contributed by atoms with Crippen LogP contribution in [0.2, 0.25) is 0 Å². The molecule has 1 N–H and O–H groups in total. The van der Waals surface area contributed by atoms with Crippen LogP contribution in [0.5, 0.6) is 0 Å². The second kappa shape index (κ2) is 8.45. The van der Waals surface area contributed by atoms with Gasteiger partial charge in [-0.3, -0.25) is 15.1 Å². The SMILES string of the molecule is O=C(Nc1nc(/C=C\c2ccccc2)cs1)c1cccn1Cc1ccncc1. The molecule has 1 amide bonds. The normalized spacial score (nSPS) is 11.0. The van der Waals surface area contributed by atoms with E-state index >= 15 is 0 Å². The summed E-state index contributed by atoms with van der Waals surface area (Å²) in [5.74, 6) is -0.174. The molecule has 3 heterocycles. The van der Waals surface area contributed by atoms with E-state index in [0.717, 1.165) is 16.8 Å². The summed E-state index contributed by atoms with van der Waals surface area (Å²) in [6.07, 6.45) is 9.33. The minimum absolute atomic E-state index is 0.174. The third kappa shape index (κ3) is 4.42. The Morgan fingerprint density at radius 3 is 2.68 bits per heavy atom. The van der Waals surface area contributed by atoms with Crippen molar-refractivity contribution in [2.24, 2.45) is 0 Å². The molecule has 0 aliphatic heterocycles. The Bertz CT molecular complexity index is 1080. The van der Waals surface area contributed by atoms with Gasteiger partial charge in [-0.05, 0) is 41.5 Å². The second-order valence-corrected chi connectivity index (χ2v) is 7.01. The van der Waals surface area contributed by atoms with Crippen molar-refractivity contribution in [3.63, 3.8) is 0 Å². The minimum Gasteiger partial charge on any atom is -0.339 e. The maximum Gasteiger partial charge on any atom is 0.274 e. The van der Waals surface area contributed by atoms with E-state index in [1.54, 1.807) is 18.5 Å². The summed E-state index contributed by atoms with van der Waals surface area (Å²) in [4.78, 5) is 21.2. The maximum absolute atomic E-state index is 12.7. The van der Waals surface area contributed by atoms with Crippen LogP contribution in [0.4, 0.5) is 5.13 Å². The summed E-state index contributed by atoms with van der Waals surface area (Å²) < 4.78 is 1.91. The van der Waals surface area contributed by atoms with E-state index in [4.69, 9.17) is 0 Å². The van der Waals surface area contributed by atoms with Crippen LogP contribution in [0.3, 0.4) is 0 Å². The predicted molar refractivity (Wildman–Crippen MR) is 113 cm³/mol. The van der Waals surface area contributed by atoms with Crippen LogP contribution in [0.15, 0.2) is 78.6 Å². The Labute approximate surface area is 167 Å². The standard InChI is InChI=1S/C22H18N4OS/c27-21(20-7-4-14-26(20)15-18-10-12-23-13-11-18)25-22-24-19(16-28-22)9-8-17-5-2-1-3-6-17/h1-14,16H,15H2,(H,24,25,27)/b9-8-. The van der Waals surface area contributed by atoms with Crippen molar-refractivity contribution in [1.82, 2.24) is 14.5 Å². The third-order valence-electron chi connectivity index (χ3n) is 4.15. The number of hydrogen-bond donors (Lipinski definition) is 1. The molecule has 0 spiro atoms. The summed E-state index contributed by atoms with van der Waals surface area (Å²) in [5, 5.41) is 5.39. The van der Waals surface area contributed by atoms with E-state index in [-0.39, 0.29) is 5.91 Å². The van der Waals surface area contributed by atoms with Crippen molar-refractivity contribution in [3.8, 4) is 0 Å². The fourth-order valence-electron chi connectivity index (χ4n) is 2.77. The van der Waals surface area contributed by atoms with Crippen molar-refractivity contribution in [2.45, 2.75) is 6.54 Å². The molecule has 1 aromatic carbocycles. The van der Waals surface area contributed by atoms with Gasteiger partial charge in [0.25, 0.3) is 5.91 Å². The fraction of sp³-hybridized carbons (Fsp3) is 0.0455. The fourth-order valence-corrected chi connectivity index (χ4v) is 3.44. The lowest BCUT2D eigenvalue weighted by molar-refractivity contribution is 0.101. The molecular weight excluding hydrogens is 368 g/mol. The average Bonchev–Trinajstić information content (AvgIpc) is 3.37. The van der Waals surface area contributed by atoms with E-state index in [1.807, 2.05) is 76.8 Å². The van der Waals surface area contributed by atoms with Gasteiger partial charge in [0, 0.05) is 30.5 Å². The maximum atomic E-state index is 12.7. The lowest BCUT2D eigenvalue weighted by atomic mass is 10.2. The number of rotatable bonds is 6. The van der Waals surface area contributed by atoms with E-state index in [1.165, 1.54) is 11.3 Å². The molecular formula is C22H18N4OS. The van der Waals surface area contributed by atoms with E-state index in [2.05, 4.69) is 15.3 Å². The largest absolute Gasteiger partial charge is 0.339 e. The molecule has 0 fully saturated rings. The number of anilines is 1. The van der Waals surface area contributed by atoms with Gasteiger partial charge in [0.15, 0.2) is 5.13 Å². The molecule has 28 heavy (non-hydrogen) atoms. The molecule has 3 aromatic heterocycles. The number of carbonyl (C=O) groups is 1. The molecule has 0 bridgehead atoms. The van der Waals surface area contributed by atoms with Crippen LogP contribution in [-0.4, -0.2) is 20.4 Å². The van der Waals surface area contributed by atoms with Gasteiger partial charge < -0.3 is 4.57 Å². The molecule has 4 aromatic rings. The highest BCUT2D eigenvalue weighted by molar-refractivity contribution is 7.14. The van der Waals surface area contributed by atoms with Crippen LogP contribution >= 0.6 is 11.3 Å². The van der Waals surface area contributed by atoms with Crippen molar-refractivity contribution in [3.05, 3.63) is 101 Å². The lowest BCUT2D eigenvalue weighted by Crippen LogP contribution is -2.17. The van der Waals surface area contributed by atoms with Crippen molar-refractivity contribution < 1.29 is 4.79 Å². The summed E-state index contributed by atoms with van der Waals surface area (Å²) in [5.41, 5.74) is 3.60. The zero-order chi connectivity index (χ0) is 19.2. The first-order valence-electron chi connectivity index (χ1n) is 8.82. The molecule has 0 saturated heterocycles. The summed E-state index contributed by atoms with van der Waals surface area (Å²) >= 11 is 1.41. The summed E-state index contributed by atoms with van der Waals surface area (Å²) in [7, 11) is 0. The van der Waals surface area contributed by atoms with Gasteiger partial charge >= 0.3 is 0 Å². The molecule has 0 radical (unpaired) electrons. The first-order valence-corrected chi connectivity index (χ1v) is 9.70.